The zero-order chi connectivity index (χ0) is 19.2. The second kappa shape index (κ2) is 9.10. The number of hydrogen-bond acceptors (Lipinski definition) is 5. The first kappa shape index (κ1) is 19.5. The van der Waals surface area contributed by atoms with E-state index in [4.69, 9.17) is 0 Å². The van der Waals surface area contributed by atoms with Gasteiger partial charge in [-0.15, -0.1) is 11.3 Å². The topological polar surface area (TPSA) is 65.5 Å². The van der Waals surface area contributed by atoms with Crippen LogP contribution in [0.5, 0.6) is 0 Å². The smallest absolute Gasteiger partial charge is 0.262 e. The van der Waals surface area contributed by atoms with E-state index < -0.39 is 6.04 Å². The fraction of sp³-hybridized carbons (Fsp3) is 0.450. The third-order valence-corrected chi connectivity index (χ3v) is 5.67. The van der Waals surface area contributed by atoms with E-state index in [0.717, 1.165) is 19.6 Å². The molecule has 2 amide bonds. The third-order valence-electron chi connectivity index (χ3n) is 4.80. The number of carbonyl (C=O) groups excluding carboxylic acids is 2. The molecular formula is C20H26N4O2S. The molecule has 6 nitrogen and oxygen atoms in total. The van der Waals surface area contributed by atoms with Crippen LogP contribution in [0.15, 0.2) is 42.0 Å². The monoisotopic (exact) mass is 386 g/mol. The minimum atomic E-state index is -0.494. The number of piperazine rings is 1. The Labute approximate surface area is 164 Å². The van der Waals surface area contributed by atoms with Crippen LogP contribution in [0.1, 0.15) is 29.1 Å². The summed E-state index contributed by atoms with van der Waals surface area (Å²) in [5.41, 5.74) is 1.23. The minimum Gasteiger partial charge on any atom is -0.339 e. The number of hydrogen-bond donors (Lipinski definition) is 1. The normalized spacial score (nSPS) is 16.3. The highest BCUT2D eigenvalue weighted by atomic mass is 32.1. The summed E-state index contributed by atoms with van der Waals surface area (Å²) in [4.78, 5) is 34.3. The van der Waals surface area contributed by atoms with Crippen molar-refractivity contribution < 1.29 is 9.59 Å². The first-order valence-electron chi connectivity index (χ1n) is 9.29. The van der Waals surface area contributed by atoms with Gasteiger partial charge in [-0.2, -0.15) is 0 Å². The summed E-state index contributed by atoms with van der Waals surface area (Å²) < 4.78 is 0. The van der Waals surface area contributed by atoms with Gasteiger partial charge in [-0.1, -0.05) is 19.9 Å². The molecule has 0 radical (unpaired) electrons. The van der Waals surface area contributed by atoms with Gasteiger partial charge in [0.05, 0.1) is 4.88 Å². The minimum absolute atomic E-state index is 0.0125. The maximum atomic E-state index is 13.0. The summed E-state index contributed by atoms with van der Waals surface area (Å²) in [6.45, 7) is 7.83. The lowest BCUT2D eigenvalue weighted by Gasteiger charge is -2.37. The number of rotatable bonds is 6. The van der Waals surface area contributed by atoms with Crippen LogP contribution >= 0.6 is 11.3 Å². The fourth-order valence-corrected chi connectivity index (χ4v) is 3.83. The zero-order valence-electron chi connectivity index (χ0n) is 15.8. The maximum Gasteiger partial charge on any atom is 0.262 e. The summed E-state index contributed by atoms with van der Waals surface area (Å²) in [6, 6.07) is 7.17. The van der Waals surface area contributed by atoms with Crippen molar-refractivity contribution in [2.75, 3.05) is 26.2 Å². The Morgan fingerprint density at radius 1 is 1.15 bits per heavy atom. The first-order valence-corrected chi connectivity index (χ1v) is 10.2. The lowest BCUT2D eigenvalue weighted by atomic mass is 10.0. The average Bonchev–Trinajstić information content (AvgIpc) is 3.21. The molecule has 7 heteroatoms. The van der Waals surface area contributed by atoms with E-state index in [2.05, 4.69) is 15.2 Å². The SMILES string of the molecule is CC(C)[C@H](NC(=O)c1cccs1)C(=O)N1CCN(Cc2ccncc2)CC1. The molecule has 0 aromatic carbocycles. The van der Waals surface area contributed by atoms with Gasteiger partial charge in [-0.3, -0.25) is 19.5 Å². The summed E-state index contributed by atoms with van der Waals surface area (Å²) in [5, 5.41) is 4.79. The van der Waals surface area contributed by atoms with E-state index in [1.54, 1.807) is 18.5 Å². The van der Waals surface area contributed by atoms with E-state index in [-0.39, 0.29) is 17.7 Å². The first-order chi connectivity index (χ1) is 13.0. The Balaban J connectivity index is 1.55. The van der Waals surface area contributed by atoms with Gasteiger partial charge in [0.1, 0.15) is 6.04 Å². The van der Waals surface area contributed by atoms with E-state index in [9.17, 15) is 9.59 Å². The molecule has 3 heterocycles. The van der Waals surface area contributed by atoms with Crippen molar-refractivity contribution in [1.82, 2.24) is 20.1 Å². The van der Waals surface area contributed by atoms with Crippen molar-refractivity contribution in [3.05, 3.63) is 52.5 Å². The predicted octanol–water partition coefficient (Wildman–Crippen LogP) is 2.24. The second-order valence-corrected chi connectivity index (χ2v) is 8.08. The molecular weight excluding hydrogens is 360 g/mol. The van der Waals surface area contributed by atoms with Gasteiger partial charge >= 0.3 is 0 Å². The molecule has 1 fully saturated rings. The Kier molecular flexibility index (Phi) is 6.58. The number of aromatic nitrogens is 1. The molecule has 1 saturated heterocycles. The predicted molar refractivity (Wildman–Crippen MR) is 107 cm³/mol. The highest BCUT2D eigenvalue weighted by Crippen LogP contribution is 2.14. The average molecular weight is 387 g/mol. The summed E-state index contributed by atoms with van der Waals surface area (Å²) in [6.07, 6.45) is 3.61. The fourth-order valence-electron chi connectivity index (χ4n) is 3.20. The van der Waals surface area contributed by atoms with Crippen molar-refractivity contribution in [2.24, 2.45) is 5.92 Å². The van der Waals surface area contributed by atoms with Crippen molar-refractivity contribution in [3.8, 4) is 0 Å². The van der Waals surface area contributed by atoms with Gasteiger partial charge in [0, 0.05) is 45.1 Å². The van der Waals surface area contributed by atoms with Crippen LogP contribution < -0.4 is 5.32 Å². The maximum absolute atomic E-state index is 13.0. The molecule has 0 saturated carbocycles. The summed E-state index contributed by atoms with van der Waals surface area (Å²) >= 11 is 1.39. The summed E-state index contributed by atoms with van der Waals surface area (Å²) in [7, 11) is 0. The highest BCUT2D eigenvalue weighted by Gasteiger charge is 2.31. The second-order valence-electron chi connectivity index (χ2n) is 7.13. The van der Waals surface area contributed by atoms with Crippen molar-refractivity contribution in [2.45, 2.75) is 26.4 Å². The molecule has 3 rings (SSSR count). The standard InChI is InChI=1S/C20H26N4O2S/c1-15(2)18(22-19(25)17-4-3-13-27-17)20(26)24-11-9-23(10-12-24)14-16-5-7-21-8-6-16/h3-8,13,15,18H,9-12,14H2,1-2H3,(H,22,25)/t18-/m0/s1. The highest BCUT2D eigenvalue weighted by molar-refractivity contribution is 7.12. The van der Waals surface area contributed by atoms with Gasteiger partial charge < -0.3 is 10.2 Å². The molecule has 0 bridgehead atoms. The van der Waals surface area contributed by atoms with Crippen molar-refractivity contribution in [3.63, 3.8) is 0 Å². The Bertz CT molecular complexity index is 741. The largest absolute Gasteiger partial charge is 0.339 e. The van der Waals surface area contributed by atoms with Crippen LogP contribution in [0.2, 0.25) is 0 Å². The molecule has 2 aromatic heterocycles. The van der Waals surface area contributed by atoms with Gasteiger partial charge in [0.15, 0.2) is 0 Å². The molecule has 0 spiro atoms. The van der Waals surface area contributed by atoms with Crippen LogP contribution in [-0.4, -0.2) is 58.8 Å². The van der Waals surface area contributed by atoms with Crippen LogP contribution in [-0.2, 0) is 11.3 Å². The number of nitrogens with zero attached hydrogens (tertiary/aromatic N) is 3. The van der Waals surface area contributed by atoms with Crippen molar-refractivity contribution in [1.29, 1.82) is 0 Å². The Morgan fingerprint density at radius 3 is 2.44 bits per heavy atom. The van der Waals surface area contributed by atoms with Gasteiger partial charge in [0.2, 0.25) is 5.91 Å². The molecule has 1 N–H and O–H groups in total. The van der Waals surface area contributed by atoms with Gasteiger partial charge in [0.25, 0.3) is 5.91 Å². The number of thiophene rings is 1. The van der Waals surface area contributed by atoms with Crippen molar-refractivity contribution >= 4 is 23.2 Å². The Morgan fingerprint density at radius 2 is 1.85 bits per heavy atom. The number of carbonyl (C=O) groups is 2. The Hall–Kier alpha value is -2.25. The van der Waals surface area contributed by atoms with E-state index in [1.165, 1.54) is 16.9 Å². The third kappa shape index (κ3) is 5.14. The van der Waals surface area contributed by atoms with E-state index in [0.29, 0.717) is 18.0 Å². The molecule has 0 unspecified atom stereocenters. The van der Waals surface area contributed by atoms with Crippen LogP contribution in [0, 0.1) is 5.92 Å². The molecule has 0 aliphatic carbocycles. The number of pyridine rings is 1. The van der Waals surface area contributed by atoms with Gasteiger partial charge in [-0.25, -0.2) is 0 Å². The van der Waals surface area contributed by atoms with Crippen LogP contribution in [0.25, 0.3) is 0 Å². The van der Waals surface area contributed by atoms with Crippen LogP contribution in [0.3, 0.4) is 0 Å². The molecule has 1 aliphatic heterocycles. The van der Waals surface area contributed by atoms with E-state index in [1.807, 2.05) is 42.3 Å². The summed E-state index contributed by atoms with van der Waals surface area (Å²) in [5.74, 6) is -0.122. The molecule has 2 aromatic rings. The number of nitrogens with one attached hydrogen (secondary N) is 1. The lowest BCUT2D eigenvalue weighted by molar-refractivity contribution is -0.136. The lowest BCUT2D eigenvalue weighted by Crippen LogP contribution is -2.56. The van der Waals surface area contributed by atoms with Crippen LogP contribution in [0.4, 0.5) is 0 Å². The number of amides is 2. The van der Waals surface area contributed by atoms with Gasteiger partial charge in [-0.05, 0) is 35.1 Å². The quantitative estimate of drug-likeness (QED) is 0.827. The molecule has 144 valence electrons. The molecule has 1 aliphatic rings. The molecule has 1 atom stereocenters. The molecule has 27 heavy (non-hydrogen) atoms. The van der Waals surface area contributed by atoms with E-state index >= 15 is 0 Å². The zero-order valence-corrected chi connectivity index (χ0v) is 16.6.